The third-order valence-electron chi connectivity index (χ3n) is 5.95. The van der Waals surface area contributed by atoms with Gasteiger partial charge in [0.25, 0.3) is 5.78 Å². The third kappa shape index (κ3) is 4.37. The van der Waals surface area contributed by atoms with Gasteiger partial charge in [0, 0.05) is 5.56 Å². The van der Waals surface area contributed by atoms with Gasteiger partial charge in [-0.2, -0.15) is 0 Å². The largest absolute Gasteiger partial charge is 0.507 e. The molecular weight excluding hydrogens is 480 g/mol. The molecule has 1 aromatic heterocycles. The number of amides is 1. The number of ether oxygens (including phenoxy) is 2. The predicted octanol–water partition coefficient (Wildman–Crippen LogP) is 4.88. The van der Waals surface area contributed by atoms with Crippen LogP contribution in [-0.2, 0) is 14.3 Å². The van der Waals surface area contributed by atoms with Gasteiger partial charge in [-0.05, 0) is 57.0 Å². The van der Waals surface area contributed by atoms with E-state index in [4.69, 9.17) is 9.47 Å². The number of rotatable bonds is 6. The maximum absolute atomic E-state index is 13.3. The molecule has 0 saturated carbocycles. The van der Waals surface area contributed by atoms with Gasteiger partial charge in [0.2, 0.25) is 0 Å². The van der Waals surface area contributed by atoms with Crippen LogP contribution in [0.15, 0.2) is 48.0 Å². The molecule has 2 heterocycles. The number of methoxy groups -OCH3 is 1. The molecule has 2 aromatic carbocycles. The number of hydrogen-bond donors (Lipinski definition) is 1. The first kappa shape index (κ1) is 25.1. The number of anilines is 1. The lowest BCUT2D eigenvalue weighted by atomic mass is 9.94. The molecule has 186 valence electrons. The normalized spacial score (nSPS) is 16.9. The SMILES string of the molecule is CCOc1ccc(C(O)=C2C(=O)C(=O)N(c3nc(C)c(C(=O)OC)s3)[C@@H]2c2ccc(C)cc2)cc1C. The fraction of sp³-hybridized carbons (Fsp3) is 0.259. The molecule has 1 fully saturated rings. The minimum atomic E-state index is -0.937. The number of esters is 1. The quantitative estimate of drug-likeness (QED) is 0.220. The second-order valence-electron chi connectivity index (χ2n) is 8.40. The molecule has 0 bridgehead atoms. The van der Waals surface area contributed by atoms with Crippen LogP contribution in [0.2, 0.25) is 0 Å². The first-order valence-corrected chi connectivity index (χ1v) is 12.2. The van der Waals surface area contributed by atoms with Gasteiger partial charge >= 0.3 is 11.9 Å². The molecule has 4 rings (SSSR count). The molecule has 8 nitrogen and oxygen atoms in total. The lowest BCUT2D eigenvalue weighted by Gasteiger charge is -2.23. The number of thiazole rings is 1. The number of hydrogen-bond acceptors (Lipinski definition) is 8. The molecule has 1 aliphatic heterocycles. The van der Waals surface area contributed by atoms with Gasteiger partial charge in [-0.1, -0.05) is 41.2 Å². The summed E-state index contributed by atoms with van der Waals surface area (Å²) in [7, 11) is 1.26. The van der Waals surface area contributed by atoms with Crippen LogP contribution in [0, 0.1) is 20.8 Å². The summed E-state index contributed by atoms with van der Waals surface area (Å²) in [6.45, 7) is 7.76. The zero-order chi connectivity index (χ0) is 26.1. The maximum atomic E-state index is 13.3. The Bertz CT molecular complexity index is 1390. The highest BCUT2D eigenvalue weighted by Gasteiger charge is 2.48. The van der Waals surface area contributed by atoms with Crippen molar-refractivity contribution in [3.8, 4) is 5.75 Å². The zero-order valence-corrected chi connectivity index (χ0v) is 21.4. The minimum absolute atomic E-state index is 0.0557. The summed E-state index contributed by atoms with van der Waals surface area (Å²) >= 11 is 0.963. The predicted molar refractivity (Wildman–Crippen MR) is 137 cm³/mol. The van der Waals surface area contributed by atoms with Crippen molar-refractivity contribution >= 4 is 39.9 Å². The number of ketones is 1. The van der Waals surface area contributed by atoms with Gasteiger partial charge in [0.1, 0.15) is 16.4 Å². The molecular formula is C27H26N2O6S. The smallest absolute Gasteiger partial charge is 0.350 e. The van der Waals surface area contributed by atoms with Crippen LogP contribution >= 0.6 is 11.3 Å². The zero-order valence-electron chi connectivity index (χ0n) is 20.6. The third-order valence-corrected chi connectivity index (χ3v) is 7.08. The molecule has 1 saturated heterocycles. The Labute approximate surface area is 212 Å². The van der Waals surface area contributed by atoms with Crippen LogP contribution in [0.4, 0.5) is 5.13 Å². The summed E-state index contributed by atoms with van der Waals surface area (Å²) in [6, 6.07) is 11.5. The molecule has 0 aliphatic carbocycles. The van der Waals surface area contributed by atoms with Gasteiger partial charge in [-0.3, -0.25) is 14.5 Å². The number of benzene rings is 2. The van der Waals surface area contributed by atoms with Gasteiger partial charge in [0.15, 0.2) is 5.13 Å². The highest BCUT2D eigenvalue weighted by Crippen LogP contribution is 2.44. The average molecular weight is 507 g/mol. The van der Waals surface area contributed by atoms with Gasteiger partial charge in [-0.15, -0.1) is 0 Å². The standard InChI is InChI=1S/C27H26N2O6S/c1-6-35-19-12-11-18(13-15(19)3)22(30)20-21(17-9-7-14(2)8-10-17)29(25(32)23(20)31)27-28-16(4)24(36-27)26(33)34-5/h7-13,21,30H,6H2,1-5H3/t21-/m1/s1. The van der Waals surface area contributed by atoms with E-state index >= 15 is 0 Å². The van der Waals surface area contributed by atoms with E-state index in [1.807, 2.05) is 32.9 Å². The second kappa shape index (κ2) is 9.94. The van der Waals surface area contributed by atoms with Crippen LogP contribution < -0.4 is 9.64 Å². The Hall–Kier alpha value is -3.98. The summed E-state index contributed by atoms with van der Waals surface area (Å²) in [5.41, 5.74) is 3.11. The summed E-state index contributed by atoms with van der Waals surface area (Å²) in [6.07, 6.45) is 0. The molecule has 36 heavy (non-hydrogen) atoms. The molecule has 1 amide bonds. The number of aliphatic hydroxyl groups excluding tert-OH is 1. The number of nitrogens with zero attached hydrogens (tertiary/aromatic N) is 2. The Morgan fingerprint density at radius 3 is 2.42 bits per heavy atom. The molecule has 0 unspecified atom stereocenters. The number of aliphatic hydroxyl groups is 1. The van der Waals surface area contributed by atoms with Crippen molar-refractivity contribution in [3.63, 3.8) is 0 Å². The number of carbonyl (C=O) groups excluding carboxylic acids is 3. The molecule has 0 spiro atoms. The highest BCUT2D eigenvalue weighted by molar-refractivity contribution is 7.17. The Balaban J connectivity index is 1.91. The van der Waals surface area contributed by atoms with E-state index in [0.717, 1.165) is 22.5 Å². The maximum Gasteiger partial charge on any atom is 0.350 e. The number of aromatic nitrogens is 1. The van der Waals surface area contributed by atoms with Crippen molar-refractivity contribution in [1.29, 1.82) is 0 Å². The van der Waals surface area contributed by atoms with Crippen molar-refractivity contribution in [2.45, 2.75) is 33.7 Å². The lowest BCUT2D eigenvalue weighted by molar-refractivity contribution is -0.132. The highest BCUT2D eigenvalue weighted by atomic mass is 32.1. The van der Waals surface area contributed by atoms with Crippen LogP contribution in [0.1, 0.15) is 50.6 Å². The molecule has 1 atom stereocenters. The van der Waals surface area contributed by atoms with E-state index in [1.54, 1.807) is 37.3 Å². The van der Waals surface area contributed by atoms with Crippen molar-refractivity contribution in [2.75, 3.05) is 18.6 Å². The Morgan fingerprint density at radius 1 is 1.11 bits per heavy atom. The van der Waals surface area contributed by atoms with Crippen molar-refractivity contribution in [3.05, 3.63) is 80.9 Å². The van der Waals surface area contributed by atoms with Crippen molar-refractivity contribution in [1.82, 2.24) is 4.98 Å². The average Bonchev–Trinajstić information content (AvgIpc) is 3.36. The van der Waals surface area contributed by atoms with Crippen LogP contribution in [-0.4, -0.2) is 41.5 Å². The summed E-state index contributed by atoms with van der Waals surface area (Å²) in [5.74, 6) is -1.89. The van der Waals surface area contributed by atoms with Crippen LogP contribution in [0.3, 0.4) is 0 Å². The fourth-order valence-electron chi connectivity index (χ4n) is 4.13. The molecule has 0 radical (unpaired) electrons. The second-order valence-corrected chi connectivity index (χ2v) is 9.37. The van der Waals surface area contributed by atoms with E-state index in [2.05, 4.69) is 4.98 Å². The molecule has 1 aliphatic rings. The lowest BCUT2D eigenvalue weighted by Crippen LogP contribution is -2.29. The molecule has 3 aromatic rings. The van der Waals surface area contributed by atoms with E-state index in [1.165, 1.54) is 12.0 Å². The minimum Gasteiger partial charge on any atom is -0.507 e. The summed E-state index contributed by atoms with van der Waals surface area (Å²) in [5, 5.41) is 11.5. The fourth-order valence-corrected chi connectivity index (χ4v) is 5.14. The van der Waals surface area contributed by atoms with Crippen LogP contribution in [0.25, 0.3) is 5.76 Å². The topological polar surface area (TPSA) is 106 Å². The van der Waals surface area contributed by atoms with Crippen molar-refractivity contribution in [2.24, 2.45) is 0 Å². The summed E-state index contributed by atoms with van der Waals surface area (Å²) in [4.78, 5) is 44.7. The van der Waals surface area contributed by atoms with Gasteiger partial charge in [0.05, 0.1) is 31.0 Å². The summed E-state index contributed by atoms with van der Waals surface area (Å²) < 4.78 is 10.4. The van der Waals surface area contributed by atoms with E-state index in [-0.39, 0.29) is 21.3 Å². The van der Waals surface area contributed by atoms with E-state index in [9.17, 15) is 19.5 Å². The van der Waals surface area contributed by atoms with Crippen LogP contribution in [0.5, 0.6) is 5.75 Å². The van der Waals surface area contributed by atoms with Gasteiger partial charge in [-0.25, -0.2) is 9.78 Å². The van der Waals surface area contributed by atoms with E-state index in [0.29, 0.717) is 29.2 Å². The number of Topliss-reactive ketones (excluding diaryl/α,β-unsaturated/α-hetero) is 1. The number of aryl methyl sites for hydroxylation is 3. The number of carbonyl (C=O) groups is 3. The Kier molecular flexibility index (Phi) is 6.94. The van der Waals surface area contributed by atoms with Gasteiger partial charge < -0.3 is 14.6 Å². The molecule has 9 heteroatoms. The van der Waals surface area contributed by atoms with Crippen molar-refractivity contribution < 1.29 is 29.0 Å². The first-order valence-electron chi connectivity index (χ1n) is 11.3. The Morgan fingerprint density at radius 2 is 1.81 bits per heavy atom. The van der Waals surface area contributed by atoms with E-state index < -0.39 is 23.7 Å². The monoisotopic (exact) mass is 506 g/mol. The molecule has 1 N–H and O–H groups in total. The first-order chi connectivity index (χ1) is 17.2.